The maximum absolute atomic E-state index is 12.3. The largest absolute Gasteiger partial charge is 0.495 e. The first-order valence-electron chi connectivity index (χ1n) is 8.59. The molecule has 0 bridgehead atoms. The minimum absolute atomic E-state index is 0.000948. The first-order valence-corrected chi connectivity index (χ1v) is 8.97. The van der Waals surface area contributed by atoms with Gasteiger partial charge in [-0.15, -0.1) is 0 Å². The quantitative estimate of drug-likeness (QED) is 0.776. The van der Waals surface area contributed by atoms with Gasteiger partial charge in [0.25, 0.3) is 0 Å². The monoisotopic (exact) mass is 367 g/mol. The number of carbonyl (C=O) groups excluding carboxylic acids is 2. The second-order valence-electron chi connectivity index (χ2n) is 6.28. The SMILES string of the molecule is COc1ccc(Cl)cc1NCCC(=O)N1CCC(CNC(C)=O)CC1. The summed E-state index contributed by atoms with van der Waals surface area (Å²) in [5, 5.41) is 6.69. The Bertz CT molecular complexity index is 601. The molecule has 1 aromatic carbocycles. The average molecular weight is 368 g/mol. The number of rotatable bonds is 7. The van der Waals surface area contributed by atoms with Gasteiger partial charge in [-0.1, -0.05) is 11.6 Å². The Morgan fingerprint density at radius 2 is 2.04 bits per heavy atom. The van der Waals surface area contributed by atoms with Crippen LogP contribution >= 0.6 is 11.6 Å². The highest BCUT2D eigenvalue weighted by Gasteiger charge is 2.22. The maximum atomic E-state index is 12.3. The van der Waals surface area contributed by atoms with Crippen molar-refractivity contribution in [3.8, 4) is 5.75 Å². The first kappa shape index (κ1) is 19.4. The number of carbonyl (C=O) groups is 2. The van der Waals surface area contributed by atoms with Gasteiger partial charge in [0, 0.05) is 44.5 Å². The van der Waals surface area contributed by atoms with E-state index < -0.39 is 0 Å². The van der Waals surface area contributed by atoms with Gasteiger partial charge in [0.1, 0.15) is 5.75 Å². The van der Waals surface area contributed by atoms with E-state index in [1.165, 1.54) is 6.92 Å². The fourth-order valence-electron chi connectivity index (χ4n) is 2.96. The number of benzene rings is 1. The Morgan fingerprint density at radius 3 is 2.68 bits per heavy atom. The molecule has 0 aromatic heterocycles. The summed E-state index contributed by atoms with van der Waals surface area (Å²) in [6, 6.07) is 5.35. The van der Waals surface area contributed by atoms with Crippen LogP contribution in [0.15, 0.2) is 18.2 Å². The number of hydrogen-bond acceptors (Lipinski definition) is 4. The minimum Gasteiger partial charge on any atom is -0.495 e. The number of hydrogen-bond donors (Lipinski definition) is 2. The number of anilines is 1. The number of ether oxygens (including phenoxy) is 1. The summed E-state index contributed by atoms with van der Waals surface area (Å²) < 4.78 is 5.28. The molecular weight excluding hydrogens is 342 g/mol. The number of nitrogens with zero attached hydrogens (tertiary/aromatic N) is 1. The van der Waals surface area contributed by atoms with Crippen LogP contribution in [0.2, 0.25) is 5.02 Å². The molecule has 0 aliphatic carbocycles. The molecular formula is C18H26ClN3O3. The van der Waals surface area contributed by atoms with Gasteiger partial charge in [0.05, 0.1) is 12.8 Å². The van der Waals surface area contributed by atoms with Gasteiger partial charge in [-0.25, -0.2) is 0 Å². The standard InChI is InChI=1S/C18H26ClN3O3/c1-13(23)21-12-14-6-9-22(10-7-14)18(24)5-8-20-16-11-15(19)3-4-17(16)25-2/h3-4,11,14,20H,5-10,12H2,1-2H3,(H,21,23). The lowest BCUT2D eigenvalue weighted by atomic mass is 9.96. The summed E-state index contributed by atoms with van der Waals surface area (Å²) in [7, 11) is 1.60. The Labute approximate surface area is 153 Å². The van der Waals surface area contributed by atoms with Gasteiger partial charge in [-0.3, -0.25) is 9.59 Å². The van der Waals surface area contributed by atoms with Crippen LogP contribution in [0.25, 0.3) is 0 Å². The van der Waals surface area contributed by atoms with E-state index >= 15 is 0 Å². The van der Waals surface area contributed by atoms with Crippen LogP contribution < -0.4 is 15.4 Å². The molecule has 1 saturated heterocycles. The van der Waals surface area contributed by atoms with E-state index in [9.17, 15) is 9.59 Å². The smallest absolute Gasteiger partial charge is 0.224 e. The van der Waals surface area contributed by atoms with Crippen molar-refractivity contribution in [2.24, 2.45) is 5.92 Å². The number of nitrogens with one attached hydrogen (secondary N) is 2. The highest BCUT2D eigenvalue weighted by atomic mass is 35.5. The number of piperidine rings is 1. The zero-order chi connectivity index (χ0) is 18.2. The van der Waals surface area contributed by atoms with Gasteiger partial charge in [0.2, 0.25) is 11.8 Å². The van der Waals surface area contributed by atoms with Gasteiger partial charge >= 0.3 is 0 Å². The van der Waals surface area contributed by atoms with Crippen molar-refractivity contribution in [2.75, 3.05) is 38.6 Å². The molecule has 1 aliphatic heterocycles. The second-order valence-corrected chi connectivity index (χ2v) is 6.72. The Kier molecular flexibility index (Phi) is 7.37. The second kappa shape index (κ2) is 9.51. The molecule has 6 nitrogen and oxygen atoms in total. The molecule has 2 N–H and O–H groups in total. The van der Waals surface area contributed by atoms with Crippen molar-refractivity contribution >= 4 is 29.1 Å². The molecule has 0 radical (unpaired) electrons. The van der Waals surface area contributed by atoms with Crippen molar-refractivity contribution in [1.82, 2.24) is 10.2 Å². The van der Waals surface area contributed by atoms with Gasteiger partial charge in [0.15, 0.2) is 0 Å². The first-order chi connectivity index (χ1) is 12.0. The molecule has 25 heavy (non-hydrogen) atoms. The molecule has 7 heteroatoms. The predicted octanol–water partition coefficient (Wildman–Crippen LogP) is 2.53. The third kappa shape index (κ3) is 6.12. The molecule has 0 spiro atoms. The van der Waals surface area contributed by atoms with Crippen molar-refractivity contribution in [2.45, 2.75) is 26.2 Å². The number of halogens is 1. The lowest BCUT2D eigenvalue weighted by molar-refractivity contribution is -0.132. The van der Waals surface area contributed by atoms with E-state index in [2.05, 4.69) is 10.6 Å². The fourth-order valence-corrected chi connectivity index (χ4v) is 3.13. The summed E-state index contributed by atoms with van der Waals surface area (Å²) in [5.74, 6) is 1.31. The molecule has 1 aromatic rings. The Morgan fingerprint density at radius 1 is 1.32 bits per heavy atom. The maximum Gasteiger partial charge on any atom is 0.224 e. The molecule has 0 unspecified atom stereocenters. The van der Waals surface area contributed by atoms with Crippen molar-refractivity contribution in [3.63, 3.8) is 0 Å². The van der Waals surface area contributed by atoms with Crippen LogP contribution in [0, 0.1) is 5.92 Å². The number of methoxy groups -OCH3 is 1. The molecule has 0 saturated carbocycles. The molecule has 0 atom stereocenters. The van der Waals surface area contributed by atoms with Crippen molar-refractivity contribution < 1.29 is 14.3 Å². The van der Waals surface area contributed by atoms with E-state index in [1.54, 1.807) is 25.3 Å². The summed E-state index contributed by atoms with van der Waals surface area (Å²) in [6.07, 6.45) is 2.29. The minimum atomic E-state index is 0.000948. The van der Waals surface area contributed by atoms with E-state index in [4.69, 9.17) is 16.3 Å². The molecule has 2 rings (SSSR count). The Balaban J connectivity index is 1.73. The summed E-state index contributed by atoms with van der Waals surface area (Å²) in [4.78, 5) is 25.2. The van der Waals surface area contributed by atoms with E-state index in [1.807, 2.05) is 4.90 Å². The van der Waals surface area contributed by atoms with Crippen LogP contribution in [0.3, 0.4) is 0 Å². The lowest BCUT2D eigenvalue weighted by Gasteiger charge is -2.32. The molecule has 2 amide bonds. The molecule has 1 aliphatic rings. The van der Waals surface area contributed by atoms with E-state index in [0.717, 1.165) is 31.6 Å². The fraction of sp³-hybridized carbons (Fsp3) is 0.556. The topological polar surface area (TPSA) is 70.7 Å². The summed E-state index contributed by atoms with van der Waals surface area (Å²) in [5.41, 5.74) is 0.789. The van der Waals surface area contributed by atoms with Crippen LogP contribution in [-0.2, 0) is 9.59 Å². The van der Waals surface area contributed by atoms with Crippen molar-refractivity contribution in [1.29, 1.82) is 0 Å². The van der Waals surface area contributed by atoms with Crippen LogP contribution in [0.1, 0.15) is 26.2 Å². The van der Waals surface area contributed by atoms with Gasteiger partial charge in [-0.2, -0.15) is 0 Å². The Hall–Kier alpha value is -1.95. The van der Waals surface area contributed by atoms with Crippen LogP contribution in [0.5, 0.6) is 5.75 Å². The normalized spacial score (nSPS) is 14.9. The van der Waals surface area contributed by atoms with Gasteiger partial charge in [-0.05, 0) is 37.0 Å². The van der Waals surface area contributed by atoms with Crippen LogP contribution in [0.4, 0.5) is 5.69 Å². The predicted molar refractivity (Wildman–Crippen MR) is 99.1 cm³/mol. The average Bonchev–Trinajstić information content (AvgIpc) is 2.60. The van der Waals surface area contributed by atoms with E-state index in [-0.39, 0.29) is 11.8 Å². The molecule has 1 heterocycles. The molecule has 138 valence electrons. The zero-order valence-corrected chi connectivity index (χ0v) is 15.6. The highest BCUT2D eigenvalue weighted by molar-refractivity contribution is 6.30. The lowest BCUT2D eigenvalue weighted by Crippen LogP contribution is -2.41. The molecule has 1 fully saturated rings. The third-order valence-electron chi connectivity index (χ3n) is 4.42. The third-order valence-corrected chi connectivity index (χ3v) is 4.66. The van der Waals surface area contributed by atoms with Crippen LogP contribution in [-0.4, -0.2) is 50.0 Å². The van der Waals surface area contributed by atoms with E-state index in [0.29, 0.717) is 36.2 Å². The highest BCUT2D eigenvalue weighted by Crippen LogP contribution is 2.27. The van der Waals surface area contributed by atoms with Crippen molar-refractivity contribution in [3.05, 3.63) is 23.2 Å². The van der Waals surface area contributed by atoms with Gasteiger partial charge < -0.3 is 20.3 Å². The summed E-state index contributed by atoms with van der Waals surface area (Å²) >= 11 is 6.00. The number of likely N-dealkylation sites (tertiary alicyclic amines) is 1. The zero-order valence-electron chi connectivity index (χ0n) is 14.8. The summed E-state index contributed by atoms with van der Waals surface area (Å²) in [6.45, 7) is 4.27. The number of amides is 2.